The number of rotatable bonds is 2. The SMILES string of the molecule is CCC1OC(CC)[C@H](O)[C@H](O)[C@H]1C. The first-order valence-electron chi connectivity index (χ1n) is 5.13. The first-order chi connectivity index (χ1) is 6.11. The Morgan fingerprint density at radius 2 is 1.54 bits per heavy atom. The highest BCUT2D eigenvalue weighted by atomic mass is 16.5. The molecule has 0 radical (unpaired) electrons. The smallest absolute Gasteiger partial charge is 0.106 e. The molecule has 0 spiro atoms. The second-order valence-corrected chi connectivity index (χ2v) is 3.87. The molecule has 3 heteroatoms. The first kappa shape index (κ1) is 11.0. The fourth-order valence-corrected chi connectivity index (χ4v) is 1.99. The quantitative estimate of drug-likeness (QED) is 0.678. The molecule has 1 aliphatic heterocycles. The standard InChI is InChI=1S/C10H20O3/c1-4-7-6(3)9(11)10(12)8(5-2)13-7/h6-12H,4-5H2,1-3H3/t6-,7?,8?,9+,10-/m0/s1. The third-order valence-corrected chi connectivity index (χ3v) is 3.01. The summed E-state index contributed by atoms with van der Waals surface area (Å²) in [4.78, 5) is 0. The maximum absolute atomic E-state index is 9.72. The zero-order valence-electron chi connectivity index (χ0n) is 8.60. The van der Waals surface area contributed by atoms with Crippen LogP contribution in [0.25, 0.3) is 0 Å². The Hall–Kier alpha value is -0.120. The Bertz CT molecular complexity index is 140. The average molecular weight is 188 g/mol. The Morgan fingerprint density at radius 1 is 1.00 bits per heavy atom. The van der Waals surface area contributed by atoms with E-state index >= 15 is 0 Å². The molecular formula is C10H20O3. The first-order valence-corrected chi connectivity index (χ1v) is 5.13. The summed E-state index contributed by atoms with van der Waals surface area (Å²) in [5, 5.41) is 19.4. The van der Waals surface area contributed by atoms with E-state index in [1.54, 1.807) is 0 Å². The number of hydrogen-bond acceptors (Lipinski definition) is 3. The molecule has 2 unspecified atom stereocenters. The van der Waals surface area contributed by atoms with Crippen molar-refractivity contribution in [1.29, 1.82) is 0 Å². The van der Waals surface area contributed by atoms with Gasteiger partial charge < -0.3 is 14.9 Å². The zero-order valence-corrected chi connectivity index (χ0v) is 8.60. The van der Waals surface area contributed by atoms with Crippen LogP contribution in [-0.4, -0.2) is 34.6 Å². The third-order valence-electron chi connectivity index (χ3n) is 3.01. The van der Waals surface area contributed by atoms with Crippen LogP contribution in [0.4, 0.5) is 0 Å². The van der Waals surface area contributed by atoms with Gasteiger partial charge in [-0.1, -0.05) is 20.8 Å². The lowest BCUT2D eigenvalue weighted by molar-refractivity contribution is -0.196. The van der Waals surface area contributed by atoms with Gasteiger partial charge in [0.1, 0.15) is 6.10 Å². The van der Waals surface area contributed by atoms with E-state index in [0.717, 1.165) is 12.8 Å². The van der Waals surface area contributed by atoms with Gasteiger partial charge in [-0.3, -0.25) is 0 Å². The van der Waals surface area contributed by atoms with Crippen molar-refractivity contribution in [2.24, 2.45) is 5.92 Å². The average Bonchev–Trinajstić information content (AvgIpc) is 2.15. The summed E-state index contributed by atoms with van der Waals surface area (Å²) in [6.45, 7) is 5.93. The predicted molar refractivity (Wildman–Crippen MR) is 50.4 cm³/mol. The molecule has 1 aliphatic rings. The number of hydrogen-bond donors (Lipinski definition) is 2. The molecule has 1 fully saturated rings. The highest BCUT2D eigenvalue weighted by molar-refractivity contribution is 4.88. The minimum Gasteiger partial charge on any atom is -0.390 e. The molecule has 3 nitrogen and oxygen atoms in total. The summed E-state index contributed by atoms with van der Waals surface area (Å²) in [6, 6.07) is 0. The number of aliphatic hydroxyl groups excluding tert-OH is 2. The Morgan fingerprint density at radius 3 is 2.00 bits per heavy atom. The summed E-state index contributed by atoms with van der Waals surface area (Å²) in [6.07, 6.45) is 0.175. The van der Waals surface area contributed by atoms with Gasteiger partial charge >= 0.3 is 0 Å². The van der Waals surface area contributed by atoms with Gasteiger partial charge in [0.15, 0.2) is 0 Å². The van der Waals surface area contributed by atoms with Crippen molar-refractivity contribution in [3.63, 3.8) is 0 Å². The van der Waals surface area contributed by atoms with Crippen molar-refractivity contribution in [3.05, 3.63) is 0 Å². The van der Waals surface area contributed by atoms with Gasteiger partial charge in [-0.05, 0) is 12.8 Å². The van der Waals surface area contributed by atoms with Crippen molar-refractivity contribution < 1.29 is 14.9 Å². The van der Waals surface area contributed by atoms with Gasteiger partial charge in [-0.15, -0.1) is 0 Å². The van der Waals surface area contributed by atoms with Crippen LogP contribution in [-0.2, 0) is 4.74 Å². The van der Waals surface area contributed by atoms with Crippen molar-refractivity contribution in [3.8, 4) is 0 Å². The van der Waals surface area contributed by atoms with Gasteiger partial charge in [0, 0.05) is 5.92 Å². The van der Waals surface area contributed by atoms with Gasteiger partial charge in [0.2, 0.25) is 0 Å². The van der Waals surface area contributed by atoms with Gasteiger partial charge in [-0.2, -0.15) is 0 Å². The van der Waals surface area contributed by atoms with E-state index in [4.69, 9.17) is 4.74 Å². The van der Waals surface area contributed by atoms with Gasteiger partial charge in [0.05, 0.1) is 18.3 Å². The minimum atomic E-state index is -0.720. The fourth-order valence-electron chi connectivity index (χ4n) is 1.99. The van der Waals surface area contributed by atoms with E-state index < -0.39 is 12.2 Å². The Labute approximate surface area is 79.7 Å². The van der Waals surface area contributed by atoms with Crippen LogP contribution in [0.15, 0.2) is 0 Å². The lowest BCUT2D eigenvalue weighted by atomic mass is 9.86. The lowest BCUT2D eigenvalue weighted by Crippen LogP contribution is -2.52. The molecular weight excluding hydrogens is 168 g/mol. The fraction of sp³-hybridized carbons (Fsp3) is 1.00. The number of ether oxygens (including phenoxy) is 1. The molecule has 0 saturated carbocycles. The van der Waals surface area contributed by atoms with Crippen molar-refractivity contribution in [1.82, 2.24) is 0 Å². The summed E-state index contributed by atoms with van der Waals surface area (Å²) < 4.78 is 5.67. The van der Waals surface area contributed by atoms with Crippen LogP contribution >= 0.6 is 0 Å². The molecule has 0 aromatic carbocycles. The van der Waals surface area contributed by atoms with Gasteiger partial charge in [-0.25, -0.2) is 0 Å². The molecule has 1 heterocycles. The highest BCUT2D eigenvalue weighted by Crippen LogP contribution is 2.28. The normalized spacial score (nSPS) is 46.4. The molecule has 78 valence electrons. The number of aliphatic hydroxyl groups is 2. The maximum atomic E-state index is 9.72. The minimum absolute atomic E-state index is 0.0304. The summed E-state index contributed by atoms with van der Waals surface area (Å²) in [5.74, 6) is 0.0304. The zero-order chi connectivity index (χ0) is 10.0. The molecule has 1 rings (SSSR count). The topological polar surface area (TPSA) is 49.7 Å². The molecule has 0 bridgehead atoms. The monoisotopic (exact) mass is 188 g/mol. The summed E-state index contributed by atoms with van der Waals surface area (Å²) in [7, 11) is 0. The molecule has 2 N–H and O–H groups in total. The van der Waals surface area contributed by atoms with E-state index in [0.29, 0.717) is 0 Å². The van der Waals surface area contributed by atoms with Crippen LogP contribution in [0.3, 0.4) is 0 Å². The van der Waals surface area contributed by atoms with Crippen LogP contribution < -0.4 is 0 Å². The highest BCUT2D eigenvalue weighted by Gasteiger charge is 2.40. The molecule has 0 aromatic rings. The second-order valence-electron chi connectivity index (χ2n) is 3.87. The second kappa shape index (κ2) is 4.40. The summed E-state index contributed by atoms with van der Waals surface area (Å²) in [5.41, 5.74) is 0. The predicted octanol–water partition coefficient (Wildman–Crippen LogP) is 0.932. The van der Waals surface area contributed by atoms with Crippen LogP contribution in [0.2, 0.25) is 0 Å². The van der Waals surface area contributed by atoms with E-state index in [-0.39, 0.29) is 18.1 Å². The largest absolute Gasteiger partial charge is 0.390 e. The van der Waals surface area contributed by atoms with Crippen molar-refractivity contribution >= 4 is 0 Å². The Balaban J connectivity index is 2.66. The molecule has 13 heavy (non-hydrogen) atoms. The Kier molecular flexibility index (Phi) is 3.71. The van der Waals surface area contributed by atoms with E-state index in [1.807, 2.05) is 20.8 Å². The van der Waals surface area contributed by atoms with E-state index in [9.17, 15) is 10.2 Å². The van der Waals surface area contributed by atoms with Crippen molar-refractivity contribution in [2.75, 3.05) is 0 Å². The lowest BCUT2D eigenvalue weighted by Gasteiger charge is -2.41. The van der Waals surface area contributed by atoms with Crippen LogP contribution in [0, 0.1) is 5.92 Å². The van der Waals surface area contributed by atoms with Crippen LogP contribution in [0.5, 0.6) is 0 Å². The molecule has 0 aromatic heterocycles. The molecule has 0 aliphatic carbocycles. The van der Waals surface area contributed by atoms with Gasteiger partial charge in [0.25, 0.3) is 0 Å². The van der Waals surface area contributed by atoms with E-state index in [1.165, 1.54) is 0 Å². The third kappa shape index (κ3) is 2.03. The van der Waals surface area contributed by atoms with E-state index in [2.05, 4.69) is 0 Å². The maximum Gasteiger partial charge on any atom is 0.106 e. The van der Waals surface area contributed by atoms with Crippen molar-refractivity contribution in [2.45, 2.75) is 58.0 Å². The molecule has 1 saturated heterocycles. The molecule has 0 amide bonds. The molecule has 5 atom stereocenters. The van der Waals surface area contributed by atoms with Crippen LogP contribution in [0.1, 0.15) is 33.6 Å². The summed E-state index contributed by atoms with van der Waals surface area (Å²) >= 11 is 0.